The first-order valence-electron chi connectivity index (χ1n) is 9.41. The lowest BCUT2D eigenvalue weighted by molar-refractivity contribution is -0.241. The van der Waals surface area contributed by atoms with E-state index in [0.29, 0.717) is 18.6 Å². The molecule has 4 rings (SSSR count). The zero-order valence-corrected chi connectivity index (χ0v) is 15.3. The number of aliphatic hydroxyl groups is 2. The molecule has 0 aliphatic heterocycles. The van der Waals surface area contributed by atoms with Crippen molar-refractivity contribution in [2.45, 2.75) is 50.7 Å². The molecule has 7 nitrogen and oxygen atoms in total. The van der Waals surface area contributed by atoms with Crippen molar-refractivity contribution in [3.8, 4) is 5.75 Å². The van der Waals surface area contributed by atoms with Gasteiger partial charge in [-0.25, -0.2) is 4.79 Å². The minimum Gasteiger partial charge on any atom is -0.508 e. The van der Waals surface area contributed by atoms with E-state index in [9.17, 15) is 20.1 Å². The molecule has 0 saturated heterocycles. The Morgan fingerprint density at radius 3 is 2.81 bits per heavy atom. The number of fused-ring (bicyclic) bond motifs is 5. The van der Waals surface area contributed by atoms with E-state index in [2.05, 4.69) is 5.16 Å². The third kappa shape index (κ3) is 2.80. The molecule has 0 amide bonds. The molecule has 0 bridgehead atoms. The number of oxime groups is 1. The van der Waals surface area contributed by atoms with Gasteiger partial charge in [0.1, 0.15) is 5.75 Å². The molecular formula is C20H25NO6. The number of aromatic hydroxyl groups is 1. The van der Waals surface area contributed by atoms with Crippen LogP contribution in [0.5, 0.6) is 5.75 Å². The fraction of sp³-hybridized carbons (Fsp3) is 0.600. The number of benzene rings is 1. The smallest absolute Gasteiger partial charge is 0.344 e. The lowest BCUT2D eigenvalue weighted by Crippen LogP contribution is -2.51. The van der Waals surface area contributed by atoms with E-state index < -0.39 is 23.8 Å². The molecule has 0 aromatic heterocycles. The first kappa shape index (κ1) is 18.3. The average molecular weight is 375 g/mol. The molecule has 1 aromatic carbocycles. The van der Waals surface area contributed by atoms with Crippen LogP contribution in [0, 0.1) is 17.3 Å². The maximum atomic E-state index is 10.7. The number of phenols is 1. The maximum Gasteiger partial charge on any atom is 0.344 e. The molecule has 4 atom stereocenters. The lowest BCUT2D eigenvalue weighted by atomic mass is 9.54. The van der Waals surface area contributed by atoms with E-state index >= 15 is 0 Å². The number of carboxylic acids is 1. The number of phenolic OH excluding ortho intramolecular Hbond substituents is 1. The first-order chi connectivity index (χ1) is 12.7. The molecule has 27 heavy (non-hydrogen) atoms. The van der Waals surface area contributed by atoms with E-state index in [1.54, 1.807) is 12.1 Å². The van der Waals surface area contributed by atoms with Gasteiger partial charge in [-0.2, -0.15) is 0 Å². The fourth-order valence-corrected chi connectivity index (χ4v) is 5.65. The van der Waals surface area contributed by atoms with Gasteiger partial charge in [-0.05, 0) is 61.1 Å². The first-order valence-corrected chi connectivity index (χ1v) is 9.41. The lowest BCUT2D eigenvalue weighted by Gasteiger charge is -2.51. The van der Waals surface area contributed by atoms with E-state index in [1.165, 1.54) is 0 Å². The summed E-state index contributed by atoms with van der Waals surface area (Å²) in [6.07, 6.45) is 3.23. The van der Waals surface area contributed by atoms with Gasteiger partial charge in [-0.15, -0.1) is 0 Å². The Morgan fingerprint density at radius 2 is 2.07 bits per heavy atom. The van der Waals surface area contributed by atoms with Gasteiger partial charge in [0.15, 0.2) is 5.79 Å². The van der Waals surface area contributed by atoms with Gasteiger partial charge < -0.3 is 25.3 Å². The topological polar surface area (TPSA) is 120 Å². The van der Waals surface area contributed by atoms with Crippen molar-refractivity contribution >= 4 is 11.7 Å². The predicted octanol–water partition coefficient (Wildman–Crippen LogP) is 2.19. The van der Waals surface area contributed by atoms with E-state index in [1.807, 2.05) is 13.0 Å². The number of nitrogens with zero attached hydrogens (tertiary/aromatic N) is 1. The second kappa shape index (κ2) is 6.21. The van der Waals surface area contributed by atoms with Crippen LogP contribution < -0.4 is 0 Å². The van der Waals surface area contributed by atoms with Gasteiger partial charge in [0.25, 0.3) is 0 Å². The number of rotatable bonds is 3. The van der Waals surface area contributed by atoms with Crippen molar-refractivity contribution in [3.63, 3.8) is 0 Å². The van der Waals surface area contributed by atoms with E-state index in [4.69, 9.17) is 9.94 Å². The van der Waals surface area contributed by atoms with Crippen molar-refractivity contribution in [3.05, 3.63) is 29.3 Å². The largest absolute Gasteiger partial charge is 0.508 e. The molecule has 0 heterocycles. The van der Waals surface area contributed by atoms with Crippen molar-refractivity contribution in [2.24, 2.45) is 22.4 Å². The third-order valence-electron chi connectivity index (χ3n) is 7.08. The van der Waals surface area contributed by atoms with Crippen LogP contribution in [-0.2, 0) is 9.63 Å². The molecule has 3 aliphatic carbocycles. The molecular weight excluding hydrogens is 350 g/mol. The summed E-state index contributed by atoms with van der Waals surface area (Å²) in [5.41, 5.74) is 1.91. The highest BCUT2D eigenvalue weighted by atomic mass is 16.6. The highest BCUT2D eigenvalue weighted by molar-refractivity contribution is 6.03. The summed E-state index contributed by atoms with van der Waals surface area (Å²) in [4.78, 5) is 15.7. The summed E-state index contributed by atoms with van der Waals surface area (Å²) >= 11 is 0. The van der Waals surface area contributed by atoms with E-state index in [-0.39, 0.29) is 23.5 Å². The Morgan fingerprint density at radius 1 is 1.30 bits per heavy atom. The number of carboxylic acid groups (broad SMARTS) is 1. The summed E-state index contributed by atoms with van der Waals surface area (Å²) in [5.74, 6) is -2.06. The maximum absolute atomic E-state index is 10.7. The Balaban J connectivity index is 1.73. The standard InChI is InChI=1S/C20H25NO6/c1-19-6-4-13-12-3-2-11(22)8-15(12)17(21-27-10-18(23)24)9-14(13)16(19)5-7-20(19,25)26/h2-3,8,13-14,16,22,25-26H,4-7,9-10H2,1H3,(H,23,24)/b21-17+. The molecule has 7 heteroatoms. The van der Waals surface area contributed by atoms with Crippen molar-refractivity contribution < 1.29 is 30.1 Å². The van der Waals surface area contributed by atoms with Gasteiger partial charge in [0.05, 0.1) is 5.71 Å². The van der Waals surface area contributed by atoms with Crippen LogP contribution in [0.3, 0.4) is 0 Å². The molecule has 4 unspecified atom stereocenters. The second-order valence-corrected chi connectivity index (χ2v) is 8.37. The van der Waals surface area contributed by atoms with Crippen LogP contribution in [0.2, 0.25) is 0 Å². The molecule has 2 saturated carbocycles. The number of hydrogen-bond donors (Lipinski definition) is 4. The minimum atomic E-state index is -1.66. The molecule has 146 valence electrons. The third-order valence-corrected chi connectivity index (χ3v) is 7.08. The summed E-state index contributed by atoms with van der Waals surface area (Å²) in [5, 5.41) is 43.9. The molecule has 4 N–H and O–H groups in total. The highest BCUT2D eigenvalue weighted by Gasteiger charge is 2.61. The van der Waals surface area contributed by atoms with Crippen LogP contribution in [0.4, 0.5) is 0 Å². The van der Waals surface area contributed by atoms with Crippen molar-refractivity contribution in [1.82, 2.24) is 0 Å². The quantitative estimate of drug-likeness (QED) is 0.475. The highest BCUT2D eigenvalue weighted by Crippen LogP contribution is 2.63. The molecule has 0 radical (unpaired) electrons. The van der Waals surface area contributed by atoms with E-state index in [0.717, 1.165) is 30.4 Å². The van der Waals surface area contributed by atoms with Crippen LogP contribution in [0.25, 0.3) is 0 Å². The predicted molar refractivity (Wildman–Crippen MR) is 96.3 cm³/mol. The SMILES string of the molecule is CC12CCC3c4ccc(O)cc4/C(=N/OCC(=O)O)CC3C1CCC2(O)O. The molecule has 0 spiro atoms. The van der Waals surface area contributed by atoms with Crippen LogP contribution in [0.1, 0.15) is 56.1 Å². The summed E-state index contributed by atoms with van der Waals surface area (Å²) in [7, 11) is 0. The molecule has 1 aromatic rings. The van der Waals surface area contributed by atoms with Crippen molar-refractivity contribution in [2.75, 3.05) is 6.61 Å². The van der Waals surface area contributed by atoms with Gasteiger partial charge in [-0.3, -0.25) is 0 Å². The zero-order chi connectivity index (χ0) is 19.4. The van der Waals surface area contributed by atoms with Gasteiger partial charge >= 0.3 is 5.97 Å². The van der Waals surface area contributed by atoms with Gasteiger partial charge in [0, 0.05) is 17.4 Å². The summed E-state index contributed by atoms with van der Waals surface area (Å²) < 4.78 is 0. The van der Waals surface area contributed by atoms with Gasteiger partial charge in [0.2, 0.25) is 6.61 Å². The summed E-state index contributed by atoms with van der Waals surface area (Å²) in [6, 6.07) is 5.21. The zero-order valence-electron chi connectivity index (χ0n) is 15.3. The fourth-order valence-electron chi connectivity index (χ4n) is 5.65. The Kier molecular flexibility index (Phi) is 4.20. The van der Waals surface area contributed by atoms with Crippen LogP contribution >= 0.6 is 0 Å². The van der Waals surface area contributed by atoms with Crippen LogP contribution in [-0.4, -0.2) is 44.5 Å². The molecule has 2 fully saturated rings. The normalized spacial score (nSPS) is 35.2. The Bertz CT molecular complexity index is 804. The summed E-state index contributed by atoms with van der Waals surface area (Å²) in [6.45, 7) is 1.44. The Hall–Kier alpha value is -2.12. The number of carbonyl (C=O) groups is 1. The van der Waals surface area contributed by atoms with Crippen molar-refractivity contribution in [1.29, 1.82) is 0 Å². The average Bonchev–Trinajstić information content (AvgIpc) is 2.84. The molecule has 3 aliphatic rings. The Labute approximate surface area is 157 Å². The minimum absolute atomic E-state index is 0.129. The second-order valence-electron chi connectivity index (χ2n) is 8.37. The van der Waals surface area contributed by atoms with Gasteiger partial charge in [-0.1, -0.05) is 18.1 Å². The monoisotopic (exact) mass is 375 g/mol. The number of aliphatic carboxylic acids is 1. The van der Waals surface area contributed by atoms with Crippen LogP contribution in [0.15, 0.2) is 23.4 Å². The number of hydrogen-bond acceptors (Lipinski definition) is 6.